The molecule has 0 unspecified atom stereocenters. The third kappa shape index (κ3) is 4.20. The van der Waals surface area contributed by atoms with E-state index in [0.29, 0.717) is 12.5 Å². The van der Waals surface area contributed by atoms with Crippen LogP contribution in [-0.4, -0.2) is 23.7 Å². The quantitative estimate of drug-likeness (QED) is 0.737. The number of rotatable bonds is 5. The first-order chi connectivity index (χ1) is 7.02. The van der Waals surface area contributed by atoms with Crippen LogP contribution in [0.5, 0.6) is 0 Å². The van der Waals surface area contributed by atoms with Crippen LogP contribution in [0.25, 0.3) is 0 Å². The molecule has 1 aliphatic rings. The summed E-state index contributed by atoms with van der Waals surface area (Å²) < 4.78 is 0. The van der Waals surface area contributed by atoms with Crippen LogP contribution >= 0.6 is 0 Å². The highest BCUT2D eigenvalue weighted by atomic mass is 16.4. The molecular formula is C12H23NO2. The molecule has 0 spiro atoms. The van der Waals surface area contributed by atoms with E-state index in [9.17, 15) is 4.79 Å². The van der Waals surface area contributed by atoms with Gasteiger partial charge in [0.2, 0.25) is 0 Å². The number of hydrogen-bond donors (Lipinski definition) is 2. The maximum atomic E-state index is 10.9. The van der Waals surface area contributed by atoms with Crippen molar-refractivity contribution >= 4 is 5.97 Å². The second-order valence-electron chi connectivity index (χ2n) is 5.23. The Balaban J connectivity index is 2.17. The van der Waals surface area contributed by atoms with Gasteiger partial charge in [-0.25, -0.2) is 0 Å². The molecular weight excluding hydrogens is 190 g/mol. The van der Waals surface area contributed by atoms with Crippen molar-refractivity contribution in [2.45, 2.75) is 58.4 Å². The molecule has 0 heterocycles. The third-order valence-corrected chi connectivity index (χ3v) is 3.37. The van der Waals surface area contributed by atoms with E-state index < -0.39 is 11.4 Å². The van der Waals surface area contributed by atoms with Gasteiger partial charge in [0.15, 0.2) is 0 Å². The number of nitrogens with one attached hydrogen (secondary N) is 1. The molecule has 3 nitrogen and oxygen atoms in total. The van der Waals surface area contributed by atoms with E-state index in [-0.39, 0.29) is 0 Å². The summed E-state index contributed by atoms with van der Waals surface area (Å²) in [6.45, 7) is 4.40. The number of carboxylic acids is 1. The summed E-state index contributed by atoms with van der Waals surface area (Å²) >= 11 is 0. The molecule has 0 aliphatic heterocycles. The van der Waals surface area contributed by atoms with E-state index in [1.165, 1.54) is 32.1 Å². The SMILES string of the molecule is CC(C)(CCNC1CCCCC1)C(=O)O. The molecule has 0 aromatic heterocycles. The zero-order valence-electron chi connectivity index (χ0n) is 9.88. The first-order valence-electron chi connectivity index (χ1n) is 5.99. The number of hydrogen-bond acceptors (Lipinski definition) is 2. The average molecular weight is 213 g/mol. The van der Waals surface area contributed by atoms with Crippen molar-refractivity contribution < 1.29 is 9.90 Å². The molecule has 0 radical (unpaired) electrons. The Kier molecular flexibility index (Phi) is 4.58. The summed E-state index contributed by atoms with van der Waals surface area (Å²) in [7, 11) is 0. The predicted octanol–water partition coefficient (Wildman–Crippen LogP) is 2.41. The van der Waals surface area contributed by atoms with Crippen LogP contribution in [0.4, 0.5) is 0 Å². The Labute approximate surface area is 92.3 Å². The highest BCUT2D eigenvalue weighted by Crippen LogP contribution is 2.21. The van der Waals surface area contributed by atoms with E-state index in [4.69, 9.17) is 5.11 Å². The fourth-order valence-electron chi connectivity index (χ4n) is 2.00. The summed E-state index contributed by atoms with van der Waals surface area (Å²) in [5.41, 5.74) is -0.596. The van der Waals surface area contributed by atoms with Crippen molar-refractivity contribution in [1.82, 2.24) is 5.32 Å². The fourth-order valence-corrected chi connectivity index (χ4v) is 2.00. The summed E-state index contributed by atoms with van der Waals surface area (Å²) in [6, 6.07) is 0.628. The number of aliphatic carboxylic acids is 1. The first-order valence-corrected chi connectivity index (χ1v) is 5.99. The van der Waals surface area contributed by atoms with E-state index >= 15 is 0 Å². The van der Waals surface area contributed by atoms with Crippen LogP contribution in [0.3, 0.4) is 0 Å². The van der Waals surface area contributed by atoms with Crippen LogP contribution in [0, 0.1) is 5.41 Å². The molecule has 1 saturated carbocycles. The molecule has 0 amide bonds. The summed E-state index contributed by atoms with van der Waals surface area (Å²) in [6.07, 6.45) is 7.22. The van der Waals surface area contributed by atoms with E-state index in [2.05, 4.69) is 5.32 Å². The molecule has 3 heteroatoms. The van der Waals surface area contributed by atoms with E-state index in [1.54, 1.807) is 13.8 Å². The van der Waals surface area contributed by atoms with E-state index in [1.807, 2.05) is 0 Å². The topological polar surface area (TPSA) is 49.3 Å². The number of carbonyl (C=O) groups is 1. The van der Waals surface area contributed by atoms with Crippen LogP contribution in [0.1, 0.15) is 52.4 Å². The fraction of sp³-hybridized carbons (Fsp3) is 0.917. The Morgan fingerprint density at radius 2 is 1.93 bits per heavy atom. The smallest absolute Gasteiger partial charge is 0.309 e. The first kappa shape index (κ1) is 12.5. The second-order valence-corrected chi connectivity index (χ2v) is 5.23. The second kappa shape index (κ2) is 5.50. The molecule has 88 valence electrons. The lowest BCUT2D eigenvalue weighted by Crippen LogP contribution is -2.35. The summed E-state index contributed by atoms with van der Waals surface area (Å²) in [5, 5.41) is 12.4. The van der Waals surface area contributed by atoms with Crippen LogP contribution in [0.15, 0.2) is 0 Å². The molecule has 1 rings (SSSR count). The highest BCUT2D eigenvalue weighted by Gasteiger charge is 2.26. The molecule has 1 fully saturated rings. The summed E-state index contributed by atoms with van der Waals surface area (Å²) in [4.78, 5) is 10.9. The van der Waals surface area contributed by atoms with Crippen molar-refractivity contribution in [3.8, 4) is 0 Å². The maximum absolute atomic E-state index is 10.9. The zero-order valence-corrected chi connectivity index (χ0v) is 9.88. The van der Waals surface area contributed by atoms with Gasteiger partial charge >= 0.3 is 5.97 Å². The van der Waals surface area contributed by atoms with Crippen LogP contribution < -0.4 is 5.32 Å². The predicted molar refractivity (Wildman–Crippen MR) is 60.9 cm³/mol. The van der Waals surface area contributed by atoms with Gasteiger partial charge in [-0.05, 0) is 39.7 Å². The molecule has 0 bridgehead atoms. The largest absolute Gasteiger partial charge is 0.481 e. The van der Waals surface area contributed by atoms with Crippen LogP contribution in [0.2, 0.25) is 0 Å². The molecule has 0 saturated heterocycles. The molecule has 15 heavy (non-hydrogen) atoms. The minimum Gasteiger partial charge on any atom is -0.481 e. The average Bonchev–Trinajstić information content (AvgIpc) is 2.19. The minimum atomic E-state index is -0.701. The van der Waals surface area contributed by atoms with Gasteiger partial charge in [-0.2, -0.15) is 0 Å². The third-order valence-electron chi connectivity index (χ3n) is 3.37. The monoisotopic (exact) mass is 213 g/mol. The van der Waals surface area contributed by atoms with Crippen molar-refractivity contribution in [3.05, 3.63) is 0 Å². The standard InChI is InChI=1S/C12H23NO2/c1-12(2,11(14)15)8-9-13-10-6-4-3-5-7-10/h10,13H,3-9H2,1-2H3,(H,14,15). The Hall–Kier alpha value is -0.570. The van der Waals surface area contributed by atoms with Gasteiger partial charge in [0, 0.05) is 6.04 Å². The lowest BCUT2D eigenvalue weighted by Gasteiger charge is -2.25. The Bertz CT molecular complexity index is 208. The van der Waals surface area contributed by atoms with E-state index in [0.717, 1.165) is 6.54 Å². The van der Waals surface area contributed by atoms with Gasteiger partial charge in [0.1, 0.15) is 0 Å². The van der Waals surface area contributed by atoms with Crippen molar-refractivity contribution in [1.29, 1.82) is 0 Å². The van der Waals surface area contributed by atoms with Gasteiger partial charge in [-0.1, -0.05) is 19.3 Å². The molecule has 0 aromatic rings. The van der Waals surface area contributed by atoms with Gasteiger partial charge in [-0.3, -0.25) is 4.79 Å². The zero-order chi connectivity index (χ0) is 11.3. The maximum Gasteiger partial charge on any atom is 0.309 e. The molecule has 1 aliphatic carbocycles. The lowest BCUT2D eigenvalue weighted by atomic mass is 9.89. The lowest BCUT2D eigenvalue weighted by molar-refractivity contribution is -0.147. The van der Waals surface area contributed by atoms with Gasteiger partial charge in [0.25, 0.3) is 0 Å². The molecule has 0 atom stereocenters. The van der Waals surface area contributed by atoms with Crippen molar-refractivity contribution in [2.24, 2.45) is 5.41 Å². The Morgan fingerprint density at radius 1 is 1.33 bits per heavy atom. The minimum absolute atomic E-state index is 0.596. The number of carboxylic acid groups (broad SMARTS) is 1. The van der Waals surface area contributed by atoms with Crippen molar-refractivity contribution in [2.75, 3.05) is 6.54 Å². The van der Waals surface area contributed by atoms with Gasteiger partial charge in [0.05, 0.1) is 5.41 Å². The summed E-state index contributed by atoms with van der Waals surface area (Å²) in [5.74, 6) is -0.701. The van der Waals surface area contributed by atoms with Crippen LogP contribution in [-0.2, 0) is 4.79 Å². The Morgan fingerprint density at radius 3 is 2.47 bits per heavy atom. The normalized spacial score (nSPS) is 19.1. The van der Waals surface area contributed by atoms with Gasteiger partial charge < -0.3 is 10.4 Å². The molecule has 2 N–H and O–H groups in total. The van der Waals surface area contributed by atoms with Crippen molar-refractivity contribution in [3.63, 3.8) is 0 Å². The highest BCUT2D eigenvalue weighted by molar-refractivity contribution is 5.73. The molecule has 0 aromatic carbocycles. The van der Waals surface area contributed by atoms with Gasteiger partial charge in [-0.15, -0.1) is 0 Å².